The number of hydrogen-bond acceptors (Lipinski definition) is 5. The number of nitrogens with zero attached hydrogens (tertiary/aromatic N) is 4. The Hall–Kier alpha value is -2.48. The zero-order chi connectivity index (χ0) is 17.1. The first-order valence-corrected chi connectivity index (χ1v) is 8.27. The largest absolute Gasteiger partial charge is 0.369 e. The molecule has 124 valence electrons. The maximum Gasteiger partial charge on any atom is 0.221 e. The molecule has 0 saturated heterocycles. The van der Waals surface area contributed by atoms with E-state index in [9.17, 15) is 4.79 Å². The van der Waals surface area contributed by atoms with Crippen LogP contribution in [-0.4, -0.2) is 32.2 Å². The smallest absolute Gasteiger partial charge is 0.221 e. The van der Waals surface area contributed by atoms with Crippen LogP contribution in [0.4, 0.5) is 11.5 Å². The molecule has 2 aromatic heterocycles. The highest BCUT2D eigenvalue weighted by Crippen LogP contribution is 2.26. The van der Waals surface area contributed by atoms with Gasteiger partial charge in [0.15, 0.2) is 5.65 Å². The summed E-state index contributed by atoms with van der Waals surface area (Å²) in [6.07, 6.45) is 2.37. The van der Waals surface area contributed by atoms with Crippen LogP contribution < -0.4 is 10.6 Å². The van der Waals surface area contributed by atoms with E-state index in [1.807, 2.05) is 31.3 Å². The van der Waals surface area contributed by atoms with Gasteiger partial charge in [0.2, 0.25) is 5.91 Å². The second-order valence-electron chi connectivity index (χ2n) is 5.39. The number of carbonyl (C=O) groups is 1. The normalized spacial score (nSPS) is 10.8. The standard InChI is InChI=1S/C16H17BrN6O/c1-10(24)21-12-5-3-11(4-6-12)7-8-18-15-13-14(17)22-23(2)16(13)20-9-19-15/h3-6,9H,7-8H2,1-2H3,(H,21,24)(H,18,19,20). The number of aromatic nitrogens is 4. The Balaban J connectivity index is 1.65. The maximum absolute atomic E-state index is 11.0. The van der Waals surface area contributed by atoms with E-state index in [1.54, 1.807) is 4.68 Å². The zero-order valence-electron chi connectivity index (χ0n) is 13.4. The lowest BCUT2D eigenvalue weighted by molar-refractivity contribution is -0.114. The minimum Gasteiger partial charge on any atom is -0.369 e. The summed E-state index contributed by atoms with van der Waals surface area (Å²) in [5.74, 6) is 0.689. The van der Waals surface area contributed by atoms with Crippen molar-refractivity contribution in [3.05, 3.63) is 40.8 Å². The van der Waals surface area contributed by atoms with Crippen molar-refractivity contribution in [2.75, 3.05) is 17.2 Å². The summed E-state index contributed by atoms with van der Waals surface area (Å²) >= 11 is 3.45. The van der Waals surface area contributed by atoms with Crippen LogP contribution in [0.1, 0.15) is 12.5 Å². The molecule has 24 heavy (non-hydrogen) atoms. The van der Waals surface area contributed by atoms with Crippen LogP contribution in [0.25, 0.3) is 11.0 Å². The summed E-state index contributed by atoms with van der Waals surface area (Å²) < 4.78 is 2.44. The fraction of sp³-hybridized carbons (Fsp3) is 0.250. The van der Waals surface area contributed by atoms with E-state index < -0.39 is 0 Å². The first-order chi connectivity index (χ1) is 11.5. The van der Waals surface area contributed by atoms with Gasteiger partial charge in [0.1, 0.15) is 16.7 Å². The van der Waals surface area contributed by atoms with Crippen LogP contribution in [-0.2, 0) is 18.3 Å². The molecular formula is C16H17BrN6O. The van der Waals surface area contributed by atoms with Crippen molar-refractivity contribution >= 4 is 44.4 Å². The summed E-state index contributed by atoms with van der Waals surface area (Å²) in [4.78, 5) is 19.6. The quantitative estimate of drug-likeness (QED) is 0.701. The van der Waals surface area contributed by atoms with Gasteiger partial charge in [0.25, 0.3) is 0 Å². The molecule has 2 heterocycles. The van der Waals surface area contributed by atoms with Crippen molar-refractivity contribution in [1.29, 1.82) is 0 Å². The number of halogens is 1. The molecule has 1 amide bonds. The fourth-order valence-electron chi connectivity index (χ4n) is 2.46. The molecule has 0 saturated carbocycles. The molecule has 0 unspecified atom stereocenters. The van der Waals surface area contributed by atoms with E-state index in [2.05, 4.69) is 41.6 Å². The van der Waals surface area contributed by atoms with Gasteiger partial charge in [0, 0.05) is 26.2 Å². The van der Waals surface area contributed by atoms with E-state index in [-0.39, 0.29) is 5.91 Å². The van der Waals surface area contributed by atoms with Crippen molar-refractivity contribution in [3.63, 3.8) is 0 Å². The van der Waals surface area contributed by atoms with Gasteiger partial charge in [-0.1, -0.05) is 12.1 Å². The molecular weight excluding hydrogens is 372 g/mol. The highest BCUT2D eigenvalue weighted by Gasteiger charge is 2.12. The summed E-state index contributed by atoms with van der Waals surface area (Å²) in [7, 11) is 1.85. The molecule has 0 bridgehead atoms. The molecule has 0 aliphatic heterocycles. The molecule has 7 nitrogen and oxygen atoms in total. The minimum atomic E-state index is -0.0701. The predicted octanol–water partition coefficient (Wildman–Crippen LogP) is 2.74. The van der Waals surface area contributed by atoms with Gasteiger partial charge < -0.3 is 10.6 Å². The van der Waals surface area contributed by atoms with E-state index in [0.29, 0.717) is 0 Å². The highest BCUT2D eigenvalue weighted by atomic mass is 79.9. The van der Waals surface area contributed by atoms with Crippen molar-refractivity contribution in [2.24, 2.45) is 7.05 Å². The number of rotatable bonds is 5. The lowest BCUT2D eigenvalue weighted by atomic mass is 10.1. The van der Waals surface area contributed by atoms with Crippen LogP contribution >= 0.6 is 15.9 Å². The van der Waals surface area contributed by atoms with Crippen molar-refractivity contribution in [2.45, 2.75) is 13.3 Å². The SMILES string of the molecule is CC(=O)Nc1ccc(CCNc2ncnc3c2c(Br)nn3C)cc1. The van der Waals surface area contributed by atoms with Gasteiger partial charge in [-0.2, -0.15) is 5.10 Å². The molecule has 1 aromatic carbocycles. The van der Waals surface area contributed by atoms with Gasteiger partial charge in [-0.15, -0.1) is 0 Å². The molecule has 0 atom stereocenters. The number of aryl methyl sites for hydroxylation is 1. The number of nitrogens with one attached hydrogen (secondary N) is 2. The fourth-order valence-corrected chi connectivity index (χ4v) is 3.06. The number of amides is 1. The molecule has 3 aromatic rings. The number of fused-ring (bicyclic) bond motifs is 1. The summed E-state index contributed by atoms with van der Waals surface area (Å²) in [6.45, 7) is 2.23. The van der Waals surface area contributed by atoms with Crippen molar-refractivity contribution < 1.29 is 4.79 Å². The van der Waals surface area contributed by atoms with Crippen LogP contribution in [0.2, 0.25) is 0 Å². The Morgan fingerprint density at radius 3 is 2.71 bits per heavy atom. The Bertz CT molecular complexity index is 874. The van der Waals surface area contributed by atoms with Gasteiger partial charge in [-0.25, -0.2) is 14.6 Å². The molecule has 8 heteroatoms. The third-order valence-electron chi connectivity index (χ3n) is 3.56. The second-order valence-corrected chi connectivity index (χ2v) is 6.14. The molecule has 0 aliphatic rings. The van der Waals surface area contributed by atoms with Crippen molar-refractivity contribution in [3.8, 4) is 0 Å². The number of hydrogen-bond donors (Lipinski definition) is 2. The molecule has 0 fully saturated rings. The lowest BCUT2D eigenvalue weighted by Crippen LogP contribution is -2.08. The summed E-state index contributed by atoms with van der Waals surface area (Å²) in [6, 6.07) is 7.81. The van der Waals surface area contributed by atoms with Crippen LogP contribution in [0.5, 0.6) is 0 Å². The first-order valence-electron chi connectivity index (χ1n) is 7.48. The van der Waals surface area contributed by atoms with Gasteiger partial charge >= 0.3 is 0 Å². The number of carbonyl (C=O) groups excluding carboxylic acids is 1. The molecule has 0 spiro atoms. The van der Waals surface area contributed by atoms with E-state index in [1.165, 1.54) is 18.8 Å². The van der Waals surface area contributed by atoms with Crippen LogP contribution in [0.15, 0.2) is 35.2 Å². The lowest BCUT2D eigenvalue weighted by Gasteiger charge is -2.08. The van der Waals surface area contributed by atoms with E-state index >= 15 is 0 Å². The topological polar surface area (TPSA) is 84.7 Å². The predicted molar refractivity (Wildman–Crippen MR) is 96.9 cm³/mol. The molecule has 0 radical (unpaired) electrons. The van der Waals surface area contributed by atoms with Crippen molar-refractivity contribution in [1.82, 2.24) is 19.7 Å². The first kappa shape index (κ1) is 16.4. The second kappa shape index (κ2) is 6.96. The molecule has 3 rings (SSSR count). The Morgan fingerprint density at radius 2 is 2.00 bits per heavy atom. The van der Waals surface area contributed by atoms with E-state index in [0.717, 1.165) is 40.1 Å². The van der Waals surface area contributed by atoms with Gasteiger partial charge in [-0.3, -0.25) is 4.79 Å². The Kier molecular flexibility index (Phi) is 4.75. The van der Waals surface area contributed by atoms with Gasteiger partial charge in [0.05, 0.1) is 5.39 Å². The number of anilines is 2. The van der Waals surface area contributed by atoms with Crippen LogP contribution in [0, 0.1) is 0 Å². The molecule has 0 aliphatic carbocycles. The van der Waals surface area contributed by atoms with Crippen LogP contribution in [0.3, 0.4) is 0 Å². The number of benzene rings is 1. The summed E-state index contributed by atoms with van der Waals surface area (Å²) in [5, 5.41) is 11.3. The average molecular weight is 389 g/mol. The minimum absolute atomic E-state index is 0.0701. The zero-order valence-corrected chi connectivity index (χ0v) is 15.0. The monoisotopic (exact) mass is 388 g/mol. The third kappa shape index (κ3) is 3.53. The Labute approximate surface area is 147 Å². The average Bonchev–Trinajstić information content (AvgIpc) is 2.84. The summed E-state index contributed by atoms with van der Waals surface area (Å²) in [5.41, 5.74) is 2.75. The van der Waals surface area contributed by atoms with E-state index in [4.69, 9.17) is 0 Å². The third-order valence-corrected chi connectivity index (χ3v) is 4.11. The maximum atomic E-state index is 11.0. The van der Waals surface area contributed by atoms with Gasteiger partial charge in [-0.05, 0) is 40.0 Å². The highest BCUT2D eigenvalue weighted by molar-refractivity contribution is 9.10. The molecule has 2 N–H and O–H groups in total. The Morgan fingerprint density at radius 1 is 1.25 bits per heavy atom.